The van der Waals surface area contributed by atoms with E-state index in [-0.39, 0.29) is 6.61 Å². The molecule has 0 radical (unpaired) electrons. The lowest BCUT2D eigenvalue weighted by Crippen LogP contribution is -2.47. The standard InChI is InChI=1S/C18H38O6/c1-2-3-4-5-6-7-8-9-10-11-12-24-14-16(21)18(23)17(22)15(20)13-19/h15-23H,2-14H2,1H3/t15-,16+,17+,18-/m0/s1. The fourth-order valence-electron chi connectivity index (χ4n) is 2.56. The maximum absolute atomic E-state index is 9.67. The summed E-state index contributed by atoms with van der Waals surface area (Å²) in [5, 5.41) is 46.6. The highest BCUT2D eigenvalue weighted by atomic mass is 16.5. The Balaban J connectivity index is 3.43. The Kier molecular flexibility index (Phi) is 16.1. The summed E-state index contributed by atoms with van der Waals surface area (Å²) in [7, 11) is 0. The Morgan fingerprint density at radius 1 is 0.667 bits per heavy atom. The lowest BCUT2D eigenvalue weighted by Gasteiger charge is -2.25. The van der Waals surface area contributed by atoms with E-state index in [0.29, 0.717) is 6.61 Å². The van der Waals surface area contributed by atoms with Crippen LogP contribution in [0.1, 0.15) is 71.1 Å². The molecule has 4 atom stereocenters. The smallest absolute Gasteiger partial charge is 0.111 e. The van der Waals surface area contributed by atoms with Crippen molar-refractivity contribution in [3.8, 4) is 0 Å². The van der Waals surface area contributed by atoms with Gasteiger partial charge in [0, 0.05) is 6.61 Å². The minimum absolute atomic E-state index is 0.103. The predicted octanol–water partition coefficient (Wildman–Crippen LogP) is 1.36. The van der Waals surface area contributed by atoms with E-state index in [0.717, 1.165) is 12.8 Å². The number of aliphatic hydroxyl groups excluding tert-OH is 5. The van der Waals surface area contributed by atoms with E-state index in [4.69, 9.17) is 9.84 Å². The lowest BCUT2D eigenvalue weighted by atomic mass is 10.0. The number of hydrogen-bond donors (Lipinski definition) is 5. The summed E-state index contributed by atoms with van der Waals surface area (Å²) in [5.41, 5.74) is 0. The monoisotopic (exact) mass is 350 g/mol. The van der Waals surface area contributed by atoms with Crippen molar-refractivity contribution in [3.05, 3.63) is 0 Å². The highest BCUT2D eigenvalue weighted by molar-refractivity contribution is 4.80. The van der Waals surface area contributed by atoms with E-state index >= 15 is 0 Å². The molecule has 6 nitrogen and oxygen atoms in total. The highest BCUT2D eigenvalue weighted by Crippen LogP contribution is 2.11. The molecule has 5 N–H and O–H groups in total. The second-order valence-electron chi connectivity index (χ2n) is 6.56. The van der Waals surface area contributed by atoms with Gasteiger partial charge in [-0.3, -0.25) is 0 Å². The Morgan fingerprint density at radius 3 is 1.62 bits per heavy atom. The van der Waals surface area contributed by atoms with Crippen molar-refractivity contribution in [3.63, 3.8) is 0 Å². The molecule has 0 amide bonds. The predicted molar refractivity (Wildman–Crippen MR) is 93.8 cm³/mol. The molecule has 0 rings (SSSR count). The van der Waals surface area contributed by atoms with Crippen molar-refractivity contribution in [2.45, 2.75) is 95.5 Å². The number of hydrogen-bond acceptors (Lipinski definition) is 6. The van der Waals surface area contributed by atoms with Crippen LogP contribution in [0.3, 0.4) is 0 Å². The van der Waals surface area contributed by atoms with E-state index in [1.165, 1.54) is 51.4 Å². The van der Waals surface area contributed by atoms with Gasteiger partial charge in [-0.05, 0) is 6.42 Å². The van der Waals surface area contributed by atoms with Gasteiger partial charge >= 0.3 is 0 Å². The molecular weight excluding hydrogens is 312 g/mol. The number of aliphatic hydroxyl groups is 5. The number of rotatable bonds is 17. The average molecular weight is 350 g/mol. The van der Waals surface area contributed by atoms with E-state index in [1.54, 1.807) is 0 Å². The quantitative estimate of drug-likeness (QED) is 0.253. The first-order valence-electron chi connectivity index (χ1n) is 9.45. The van der Waals surface area contributed by atoms with Gasteiger partial charge in [-0.1, -0.05) is 64.7 Å². The van der Waals surface area contributed by atoms with Gasteiger partial charge in [-0.25, -0.2) is 0 Å². The van der Waals surface area contributed by atoms with Crippen molar-refractivity contribution in [2.24, 2.45) is 0 Å². The molecule has 24 heavy (non-hydrogen) atoms. The van der Waals surface area contributed by atoms with Crippen LogP contribution >= 0.6 is 0 Å². The van der Waals surface area contributed by atoms with Crippen LogP contribution in [0.5, 0.6) is 0 Å². The van der Waals surface area contributed by atoms with Crippen molar-refractivity contribution in [1.29, 1.82) is 0 Å². The van der Waals surface area contributed by atoms with Gasteiger partial charge in [0.15, 0.2) is 0 Å². The van der Waals surface area contributed by atoms with Crippen LogP contribution in [0.4, 0.5) is 0 Å². The Hall–Kier alpha value is -0.240. The molecule has 0 aromatic heterocycles. The second kappa shape index (κ2) is 16.2. The van der Waals surface area contributed by atoms with Crippen LogP contribution in [0, 0.1) is 0 Å². The lowest BCUT2D eigenvalue weighted by molar-refractivity contribution is -0.129. The molecule has 0 heterocycles. The molecule has 6 heteroatoms. The van der Waals surface area contributed by atoms with Crippen LogP contribution in [-0.4, -0.2) is 69.8 Å². The summed E-state index contributed by atoms with van der Waals surface area (Å²) in [6.07, 6.45) is 6.45. The van der Waals surface area contributed by atoms with Crippen molar-refractivity contribution in [2.75, 3.05) is 19.8 Å². The molecule has 0 aliphatic rings. The third-order valence-corrected chi connectivity index (χ3v) is 4.26. The summed E-state index contributed by atoms with van der Waals surface area (Å²) in [5.74, 6) is 0. The molecule has 0 aromatic carbocycles. The number of unbranched alkanes of at least 4 members (excludes halogenated alkanes) is 9. The zero-order valence-corrected chi connectivity index (χ0v) is 15.1. The van der Waals surface area contributed by atoms with Crippen LogP contribution in [-0.2, 0) is 4.74 Å². The minimum Gasteiger partial charge on any atom is -0.394 e. The zero-order chi connectivity index (χ0) is 18.2. The molecule has 0 aliphatic heterocycles. The van der Waals surface area contributed by atoms with E-state index < -0.39 is 31.0 Å². The van der Waals surface area contributed by atoms with Gasteiger partial charge in [-0.15, -0.1) is 0 Å². The molecule has 0 unspecified atom stereocenters. The van der Waals surface area contributed by atoms with Crippen LogP contribution in [0.15, 0.2) is 0 Å². The fraction of sp³-hybridized carbons (Fsp3) is 1.00. The van der Waals surface area contributed by atoms with E-state index in [1.807, 2.05) is 0 Å². The van der Waals surface area contributed by atoms with Crippen molar-refractivity contribution < 1.29 is 30.3 Å². The molecule has 0 fully saturated rings. The Bertz CT molecular complexity index is 264. The van der Waals surface area contributed by atoms with Gasteiger partial charge in [0.2, 0.25) is 0 Å². The summed E-state index contributed by atoms with van der Waals surface area (Å²) in [4.78, 5) is 0. The largest absolute Gasteiger partial charge is 0.394 e. The topological polar surface area (TPSA) is 110 Å². The molecule has 0 saturated heterocycles. The normalized spacial score (nSPS) is 16.8. The highest BCUT2D eigenvalue weighted by Gasteiger charge is 2.29. The molecule has 0 aliphatic carbocycles. The fourth-order valence-corrected chi connectivity index (χ4v) is 2.56. The van der Waals surface area contributed by atoms with Gasteiger partial charge in [0.25, 0.3) is 0 Å². The SMILES string of the molecule is CCCCCCCCCCCCOC[C@@H](O)[C@H](O)[C@H](O)[C@@H](O)CO. The molecule has 146 valence electrons. The van der Waals surface area contributed by atoms with Gasteiger partial charge in [0.05, 0.1) is 13.2 Å². The van der Waals surface area contributed by atoms with Crippen molar-refractivity contribution in [1.82, 2.24) is 0 Å². The second-order valence-corrected chi connectivity index (χ2v) is 6.56. The summed E-state index contributed by atoms with van der Waals surface area (Å²) < 4.78 is 5.29. The van der Waals surface area contributed by atoms with E-state index in [9.17, 15) is 20.4 Å². The zero-order valence-electron chi connectivity index (χ0n) is 15.1. The molecular formula is C18H38O6. The van der Waals surface area contributed by atoms with E-state index in [2.05, 4.69) is 6.92 Å². The molecule has 0 saturated carbocycles. The first kappa shape index (κ1) is 23.8. The van der Waals surface area contributed by atoms with Crippen LogP contribution < -0.4 is 0 Å². The maximum Gasteiger partial charge on any atom is 0.111 e. The average Bonchev–Trinajstić information content (AvgIpc) is 2.60. The third kappa shape index (κ3) is 12.2. The number of ether oxygens (including phenoxy) is 1. The molecule has 0 bridgehead atoms. The first-order valence-corrected chi connectivity index (χ1v) is 9.45. The van der Waals surface area contributed by atoms with Gasteiger partial charge in [-0.2, -0.15) is 0 Å². The minimum atomic E-state index is -1.59. The van der Waals surface area contributed by atoms with Crippen molar-refractivity contribution >= 4 is 0 Å². The maximum atomic E-state index is 9.67. The summed E-state index contributed by atoms with van der Waals surface area (Å²) in [6.45, 7) is 1.94. The summed E-state index contributed by atoms with van der Waals surface area (Å²) in [6, 6.07) is 0. The Morgan fingerprint density at radius 2 is 1.12 bits per heavy atom. The third-order valence-electron chi connectivity index (χ3n) is 4.26. The molecule has 0 spiro atoms. The van der Waals surface area contributed by atoms with Gasteiger partial charge in [0.1, 0.15) is 24.4 Å². The Labute approximate surface area is 146 Å². The first-order chi connectivity index (χ1) is 11.5. The van der Waals surface area contributed by atoms with Crippen LogP contribution in [0.2, 0.25) is 0 Å². The van der Waals surface area contributed by atoms with Gasteiger partial charge < -0.3 is 30.3 Å². The molecule has 0 aromatic rings. The summed E-state index contributed by atoms with van der Waals surface area (Å²) >= 11 is 0. The van der Waals surface area contributed by atoms with Crippen LogP contribution in [0.25, 0.3) is 0 Å².